The topological polar surface area (TPSA) is 274 Å². The Morgan fingerprint density at radius 1 is 0.379 bits per heavy atom. The number of ether oxygens (including phenoxy) is 2. The van der Waals surface area contributed by atoms with Crippen LogP contribution in [0.2, 0.25) is 5.02 Å². The van der Waals surface area contributed by atoms with E-state index in [1.165, 1.54) is 43.9 Å². The molecule has 0 atom stereocenters. The Kier molecular flexibility index (Phi) is 40.3. The summed E-state index contributed by atoms with van der Waals surface area (Å²) in [5.74, 6) is 7.46. The van der Waals surface area contributed by atoms with E-state index in [0.717, 1.165) is 236 Å². The number of carbonyl (C=O) groups is 5. The van der Waals surface area contributed by atoms with Gasteiger partial charge in [-0.25, -0.2) is 54.2 Å². The Morgan fingerprint density at radius 3 is 1.18 bits per heavy atom. The first kappa shape index (κ1) is 109. The molecule has 10 aromatic heterocycles. The zero-order chi connectivity index (χ0) is 103. The number of halogens is 2. The summed E-state index contributed by atoms with van der Waals surface area (Å²) < 4.78 is 34.9. The maximum Gasteiger partial charge on any atom is 0.254 e. The number of rotatable bonds is 42. The minimum Gasteiger partial charge on any atom is -0.497 e. The number of amides is 5. The number of aromatic nitrogens is 15. The molecule has 27 nitrogen and oxygen atoms in total. The summed E-state index contributed by atoms with van der Waals surface area (Å²) in [4.78, 5) is 123. The number of carbonyl (C=O) groups excluding carboxylic acids is 5. The molecule has 15 aromatic rings. The second kappa shape index (κ2) is 53.8. The van der Waals surface area contributed by atoms with Crippen LogP contribution in [0.1, 0.15) is 283 Å². The molecular formula is C116H146ClFN20O7. The fourth-order valence-electron chi connectivity index (χ4n) is 18.4. The molecule has 2 aliphatic carbocycles. The third-order valence-electron chi connectivity index (χ3n) is 26.3. The highest BCUT2D eigenvalue weighted by molar-refractivity contribution is 6.31. The van der Waals surface area contributed by atoms with E-state index in [1.54, 1.807) is 43.8 Å². The molecule has 2 saturated carbocycles. The van der Waals surface area contributed by atoms with Gasteiger partial charge in [0.15, 0.2) is 28.2 Å². The second-order valence-corrected chi connectivity index (χ2v) is 39.6. The van der Waals surface area contributed by atoms with Crippen LogP contribution >= 0.6 is 11.6 Å². The predicted octanol–water partition coefficient (Wildman–Crippen LogP) is 24.7. The van der Waals surface area contributed by atoms with E-state index in [2.05, 4.69) is 124 Å². The summed E-state index contributed by atoms with van der Waals surface area (Å²) in [5.41, 5.74) is 14.1. The van der Waals surface area contributed by atoms with Crippen molar-refractivity contribution in [1.82, 2.24) is 97.2 Å². The summed E-state index contributed by atoms with van der Waals surface area (Å²) in [6.07, 6.45) is 27.4. The molecular weight excluding hydrogens is 1840 g/mol. The van der Waals surface area contributed by atoms with Gasteiger partial charge in [0, 0.05) is 124 Å². The number of pyridine rings is 5. The summed E-state index contributed by atoms with van der Waals surface area (Å²) >= 11 is 5.90. The number of unbranched alkanes of at least 4 members (excludes halogenated alkanes) is 4. The lowest BCUT2D eigenvalue weighted by atomic mass is 10.1. The van der Waals surface area contributed by atoms with Crippen LogP contribution in [0.15, 0.2) is 207 Å². The third-order valence-corrected chi connectivity index (χ3v) is 26.6. The molecule has 766 valence electrons. The number of hydrogen-bond acceptors (Lipinski definition) is 17. The van der Waals surface area contributed by atoms with Crippen molar-refractivity contribution in [3.63, 3.8) is 0 Å². The molecule has 0 aliphatic heterocycles. The van der Waals surface area contributed by atoms with Crippen LogP contribution in [0.5, 0.6) is 11.5 Å². The smallest absolute Gasteiger partial charge is 0.254 e. The second-order valence-electron chi connectivity index (χ2n) is 39.2. The lowest BCUT2D eigenvalue weighted by molar-refractivity contribution is 0.0711. The number of fused-ring (bicyclic) bond motifs is 5. The number of hydrogen-bond donors (Lipinski definition) is 0. The summed E-state index contributed by atoms with van der Waals surface area (Å²) in [5, 5.41) is -0.0493. The van der Waals surface area contributed by atoms with Crippen LogP contribution < -0.4 is 9.47 Å². The van der Waals surface area contributed by atoms with Crippen LogP contribution in [0.3, 0.4) is 0 Å². The Hall–Kier alpha value is -13.6. The van der Waals surface area contributed by atoms with E-state index in [0.29, 0.717) is 105 Å². The third kappa shape index (κ3) is 29.2. The molecule has 5 amide bonds. The quantitative estimate of drug-likeness (QED) is 0.0322. The van der Waals surface area contributed by atoms with Crippen LogP contribution in [0, 0.1) is 43.3 Å². The molecule has 29 heteroatoms. The van der Waals surface area contributed by atoms with Gasteiger partial charge in [0.1, 0.15) is 74.0 Å². The van der Waals surface area contributed by atoms with Gasteiger partial charge >= 0.3 is 0 Å². The molecule has 0 N–H and O–H groups in total. The molecule has 2 aliphatic rings. The fraction of sp³-hybridized carbons (Fsp3) is 0.440. The largest absolute Gasteiger partial charge is 0.497 e. The van der Waals surface area contributed by atoms with E-state index >= 15 is 0 Å². The van der Waals surface area contributed by atoms with Gasteiger partial charge in [-0.05, 0) is 253 Å². The monoisotopic (exact) mass is 1990 g/mol. The van der Waals surface area contributed by atoms with Crippen LogP contribution in [0.25, 0.3) is 55.8 Å². The standard InChI is InChI=1S/C25H32N4O.C24H30N4O.C23H30N4O2.C22H26ClFN4O.C22H28N4O2/c1-3-4-9-17-28(25(30)21-14-8-5-11-19(21)2)18-23-27-22-15-10-16-26-24(22)29(23)20-12-6-7-13-20;1-17(2)12-14-27(24(29)20-8-5-4-7-18(20)3)16-22-26-21-9-6-13-25-23(21)28(22)15-19-10-11-19;1-5-13-27-21(25-20-10-7-12-24-22(20)27)16-26(14-11-17(2)3)23(28)18-8-6-9-19(15-18)29-4;1-3-5-6-13-27(22(29)16-9-10-18(24)17(23)14-16)15-20-26-19-8-7-11-25-21(19)28(20)12-4-2;1-5-13-26-20(24-19-7-6-12-23-21(19)26)15-25(14-16(2)3)22(27)17-8-10-18(28-4)11-9-17/h5,8,10-11,14-16,20H,3-4,6-7,9,12-13,17-18H2,1-2H3;4-9,13,17,19H,10-12,14-16H2,1-3H3;6-10,12,15,17H,5,11,13-14,16H2,1-4H3;7-11,14H,3-6,12-13,15H2,1-2H3;6-12,16H,5,13-15H2,1-4H3. The molecule has 0 radical (unpaired) electrons. The fourth-order valence-corrected chi connectivity index (χ4v) is 18.5. The highest BCUT2D eigenvalue weighted by Crippen LogP contribution is 2.36. The van der Waals surface area contributed by atoms with Crippen molar-refractivity contribution in [1.29, 1.82) is 0 Å². The molecule has 10 heterocycles. The van der Waals surface area contributed by atoms with Crippen LogP contribution in [0.4, 0.5) is 4.39 Å². The van der Waals surface area contributed by atoms with Gasteiger partial charge in [0.2, 0.25) is 0 Å². The van der Waals surface area contributed by atoms with Crippen LogP contribution in [-0.4, -0.2) is 174 Å². The zero-order valence-electron chi connectivity index (χ0n) is 87.5. The number of imidazole rings is 5. The predicted molar refractivity (Wildman–Crippen MR) is 575 cm³/mol. The van der Waals surface area contributed by atoms with E-state index in [9.17, 15) is 28.4 Å². The normalized spacial score (nSPS) is 12.4. The Labute approximate surface area is 858 Å². The van der Waals surface area contributed by atoms with Gasteiger partial charge in [-0.3, -0.25) is 24.0 Å². The minimum atomic E-state index is -0.531. The minimum absolute atomic E-state index is 0.000540. The van der Waals surface area contributed by atoms with Crippen molar-refractivity contribution in [2.24, 2.45) is 23.7 Å². The first-order chi connectivity index (χ1) is 70.3. The van der Waals surface area contributed by atoms with Gasteiger partial charge in [-0.1, -0.05) is 169 Å². The number of benzene rings is 5. The molecule has 0 unspecified atom stereocenters. The Morgan fingerprint density at radius 2 is 0.759 bits per heavy atom. The molecule has 0 saturated heterocycles. The van der Waals surface area contributed by atoms with Crippen molar-refractivity contribution in [2.45, 2.75) is 264 Å². The maximum absolute atomic E-state index is 13.5. The number of aryl methyl sites for hydroxylation is 5. The maximum atomic E-state index is 13.5. The zero-order valence-corrected chi connectivity index (χ0v) is 88.3. The van der Waals surface area contributed by atoms with Crippen molar-refractivity contribution in [3.05, 3.63) is 286 Å². The van der Waals surface area contributed by atoms with Crippen molar-refractivity contribution >= 4 is 97.0 Å². The van der Waals surface area contributed by atoms with E-state index in [1.807, 2.05) is 197 Å². The average Bonchev–Trinajstić information content (AvgIpc) is 1.62. The average molecular weight is 1990 g/mol. The SMILES string of the molecule is CCCCCN(Cc1nc2cccnc2n1C1CCCC1)C(=O)c1ccccc1C.CCCCCN(Cc1nc2cccnc2n1CCC)C(=O)c1ccc(F)c(Cl)c1.CCCn1c(CN(CC(C)C)C(=O)c2ccc(OC)cc2)nc2cccnc21.CCCn1c(CN(CCC(C)C)C(=O)c2cccc(OC)c2)nc2cccnc21.Cc1ccccc1C(=O)N(CCC(C)C)Cc1nc2cccnc2n1CC1CC1. The van der Waals surface area contributed by atoms with E-state index in [4.69, 9.17) is 46.0 Å². The molecule has 17 rings (SSSR count). The molecule has 0 spiro atoms. The van der Waals surface area contributed by atoms with E-state index in [-0.39, 0.29) is 34.6 Å². The Balaban J connectivity index is 0.000000152. The van der Waals surface area contributed by atoms with Crippen molar-refractivity contribution in [2.75, 3.05) is 46.9 Å². The number of nitrogens with zero attached hydrogens (tertiary/aromatic N) is 20. The summed E-state index contributed by atoms with van der Waals surface area (Å²) in [6, 6.07) is 54.3. The molecule has 5 aromatic carbocycles. The first-order valence-electron chi connectivity index (χ1n) is 52.2. The van der Waals surface area contributed by atoms with Crippen molar-refractivity contribution in [3.8, 4) is 11.5 Å². The lowest BCUT2D eigenvalue weighted by Crippen LogP contribution is -2.34. The lowest BCUT2D eigenvalue weighted by Gasteiger charge is -2.25. The highest BCUT2D eigenvalue weighted by Gasteiger charge is 2.32. The van der Waals surface area contributed by atoms with Gasteiger partial charge in [0.25, 0.3) is 29.5 Å². The Bertz CT molecular complexity index is 6750. The van der Waals surface area contributed by atoms with E-state index < -0.39 is 5.82 Å². The molecule has 0 bridgehead atoms. The van der Waals surface area contributed by atoms with Crippen LogP contribution in [-0.2, 0) is 58.9 Å². The first-order valence-corrected chi connectivity index (χ1v) is 52.5. The highest BCUT2D eigenvalue weighted by atomic mass is 35.5. The van der Waals surface area contributed by atoms with Gasteiger partial charge in [-0.2, -0.15) is 0 Å². The van der Waals surface area contributed by atoms with Gasteiger partial charge in [0.05, 0.1) is 52.0 Å². The van der Waals surface area contributed by atoms with Gasteiger partial charge in [-0.15, -0.1) is 0 Å². The molecule has 145 heavy (non-hydrogen) atoms. The summed E-state index contributed by atoms with van der Waals surface area (Å²) in [6.45, 7) is 36.8. The van der Waals surface area contributed by atoms with Crippen molar-refractivity contribution < 1.29 is 37.8 Å². The summed E-state index contributed by atoms with van der Waals surface area (Å²) in [7, 11) is 3.23. The molecule has 2 fully saturated rings. The van der Waals surface area contributed by atoms with Gasteiger partial charge < -0.3 is 56.8 Å². The number of methoxy groups -OCH3 is 2.